The van der Waals surface area contributed by atoms with Crippen LogP contribution in [0, 0.1) is 0 Å². The molecule has 0 saturated heterocycles. The summed E-state index contributed by atoms with van der Waals surface area (Å²) in [5, 5.41) is 2.77. The lowest BCUT2D eigenvalue weighted by Gasteiger charge is -2.14. The lowest BCUT2D eigenvalue weighted by Crippen LogP contribution is -2.29. The summed E-state index contributed by atoms with van der Waals surface area (Å²) in [6.07, 6.45) is 2.54. The van der Waals surface area contributed by atoms with E-state index in [1.165, 1.54) is 24.7 Å². The number of imide groups is 1. The number of ether oxygens (including phenoxy) is 1. The summed E-state index contributed by atoms with van der Waals surface area (Å²) in [7, 11) is 1.57. The van der Waals surface area contributed by atoms with Crippen LogP contribution in [0.2, 0.25) is 0 Å². The molecule has 0 fully saturated rings. The number of amides is 3. The average molecular weight is 374 g/mol. The van der Waals surface area contributed by atoms with Crippen molar-refractivity contribution in [1.82, 2.24) is 9.97 Å². The van der Waals surface area contributed by atoms with Crippen LogP contribution in [-0.4, -0.2) is 34.8 Å². The van der Waals surface area contributed by atoms with Crippen molar-refractivity contribution in [2.75, 3.05) is 17.3 Å². The van der Waals surface area contributed by atoms with Gasteiger partial charge in [0, 0.05) is 17.4 Å². The minimum atomic E-state index is -0.516. The number of anilines is 2. The summed E-state index contributed by atoms with van der Waals surface area (Å²) in [6.45, 7) is 0. The number of benzene rings is 2. The van der Waals surface area contributed by atoms with Crippen LogP contribution in [0.3, 0.4) is 0 Å². The number of rotatable bonds is 4. The van der Waals surface area contributed by atoms with E-state index >= 15 is 0 Å². The summed E-state index contributed by atoms with van der Waals surface area (Å²) >= 11 is 0. The Labute approximate surface area is 159 Å². The van der Waals surface area contributed by atoms with Crippen molar-refractivity contribution < 1.29 is 19.1 Å². The second kappa shape index (κ2) is 6.92. The highest BCUT2D eigenvalue weighted by Gasteiger charge is 2.38. The van der Waals surface area contributed by atoms with Crippen LogP contribution in [0.1, 0.15) is 31.2 Å². The van der Waals surface area contributed by atoms with Crippen molar-refractivity contribution >= 4 is 29.1 Å². The van der Waals surface area contributed by atoms with E-state index in [9.17, 15) is 14.4 Å². The van der Waals surface area contributed by atoms with Crippen LogP contribution in [-0.2, 0) is 0 Å². The first kappa shape index (κ1) is 17.3. The van der Waals surface area contributed by atoms with E-state index in [0.717, 1.165) is 4.90 Å². The first-order valence-electron chi connectivity index (χ1n) is 8.33. The molecule has 2 heterocycles. The third kappa shape index (κ3) is 2.96. The second-order valence-electron chi connectivity index (χ2n) is 5.96. The molecule has 28 heavy (non-hydrogen) atoms. The highest BCUT2D eigenvalue weighted by molar-refractivity contribution is 6.33. The lowest BCUT2D eigenvalue weighted by atomic mass is 10.1. The van der Waals surface area contributed by atoms with Gasteiger partial charge in [0.25, 0.3) is 17.7 Å². The lowest BCUT2D eigenvalue weighted by molar-refractivity contribution is 0.0924. The van der Waals surface area contributed by atoms with Gasteiger partial charge < -0.3 is 10.1 Å². The van der Waals surface area contributed by atoms with E-state index in [2.05, 4.69) is 15.3 Å². The predicted molar refractivity (Wildman–Crippen MR) is 101 cm³/mol. The van der Waals surface area contributed by atoms with Gasteiger partial charge in [-0.1, -0.05) is 0 Å². The zero-order valence-corrected chi connectivity index (χ0v) is 14.7. The molecule has 2 aromatic carbocycles. The van der Waals surface area contributed by atoms with Crippen molar-refractivity contribution in [3.8, 4) is 5.75 Å². The van der Waals surface area contributed by atoms with Crippen LogP contribution < -0.4 is 15.0 Å². The van der Waals surface area contributed by atoms with Crippen LogP contribution in [0.15, 0.2) is 61.1 Å². The number of aromatic nitrogens is 2. The van der Waals surface area contributed by atoms with E-state index in [-0.39, 0.29) is 17.2 Å². The summed E-state index contributed by atoms with van der Waals surface area (Å²) in [4.78, 5) is 46.0. The molecule has 1 aromatic heterocycles. The fourth-order valence-electron chi connectivity index (χ4n) is 2.85. The molecule has 0 spiro atoms. The van der Waals surface area contributed by atoms with E-state index in [0.29, 0.717) is 22.7 Å². The number of nitrogens with one attached hydrogen (secondary N) is 1. The normalized spacial score (nSPS) is 12.7. The van der Waals surface area contributed by atoms with Crippen molar-refractivity contribution in [3.05, 3.63) is 77.9 Å². The van der Waals surface area contributed by atoms with E-state index < -0.39 is 11.8 Å². The molecule has 4 rings (SSSR count). The summed E-state index contributed by atoms with van der Waals surface area (Å²) in [5.41, 5.74) is 1.59. The summed E-state index contributed by atoms with van der Waals surface area (Å²) in [5.74, 6) is -0.633. The largest absolute Gasteiger partial charge is 0.497 e. The molecule has 8 nitrogen and oxygen atoms in total. The molecule has 3 aromatic rings. The van der Waals surface area contributed by atoms with Crippen molar-refractivity contribution in [2.24, 2.45) is 0 Å². The zero-order valence-electron chi connectivity index (χ0n) is 14.7. The molecular formula is C20H14N4O4. The molecule has 1 N–H and O–H groups in total. The molecule has 0 radical (unpaired) electrons. The SMILES string of the molecule is COc1ccc(NC(=O)c2ccc(N3C(=O)c4cncnc4C3=O)cc2)cc1. The van der Waals surface area contributed by atoms with Gasteiger partial charge in [0.1, 0.15) is 17.8 Å². The van der Waals surface area contributed by atoms with Crippen molar-refractivity contribution in [3.63, 3.8) is 0 Å². The Bertz CT molecular complexity index is 1040. The maximum atomic E-state index is 12.5. The van der Waals surface area contributed by atoms with Gasteiger partial charge in [0.05, 0.1) is 18.4 Å². The Morgan fingerprint density at radius 2 is 1.71 bits per heavy atom. The first-order chi connectivity index (χ1) is 13.6. The minimum absolute atomic E-state index is 0.0707. The highest BCUT2D eigenvalue weighted by Crippen LogP contribution is 2.27. The molecule has 0 saturated carbocycles. The van der Waals surface area contributed by atoms with E-state index in [1.54, 1.807) is 43.5 Å². The minimum Gasteiger partial charge on any atom is -0.497 e. The maximum absolute atomic E-state index is 12.5. The maximum Gasteiger partial charge on any atom is 0.284 e. The van der Waals surface area contributed by atoms with Gasteiger partial charge in [-0.25, -0.2) is 14.9 Å². The topological polar surface area (TPSA) is 101 Å². The quantitative estimate of drug-likeness (QED) is 0.704. The summed E-state index contributed by atoms with van der Waals surface area (Å²) in [6, 6.07) is 13.1. The number of nitrogens with zero attached hydrogens (tertiary/aromatic N) is 3. The number of hydrogen-bond acceptors (Lipinski definition) is 6. The Morgan fingerprint density at radius 1 is 1.00 bits per heavy atom. The van der Waals surface area contributed by atoms with Crippen molar-refractivity contribution in [1.29, 1.82) is 0 Å². The van der Waals surface area contributed by atoms with Gasteiger partial charge >= 0.3 is 0 Å². The molecule has 3 amide bonds. The van der Waals surface area contributed by atoms with Gasteiger partial charge in [-0.15, -0.1) is 0 Å². The molecule has 1 aliphatic rings. The third-order valence-electron chi connectivity index (χ3n) is 4.29. The second-order valence-corrected chi connectivity index (χ2v) is 5.96. The van der Waals surface area contributed by atoms with Crippen molar-refractivity contribution in [2.45, 2.75) is 0 Å². The Hall–Kier alpha value is -4.07. The van der Waals surface area contributed by atoms with Crippen LogP contribution in [0.25, 0.3) is 0 Å². The van der Waals surface area contributed by atoms with E-state index in [1.807, 2.05) is 0 Å². The zero-order chi connectivity index (χ0) is 19.7. The van der Waals surface area contributed by atoms with Gasteiger partial charge in [0.2, 0.25) is 0 Å². The molecule has 8 heteroatoms. The van der Waals surface area contributed by atoms with E-state index in [4.69, 9.17) is 4.74 Å². The van der Waals surface area contributed by atoms with Gasteiger partial charge in [0.15, 0.2) is 0 Å². The molecule has 138 valence electrons. The molecular weight excluding hydrogens is 360 g/mol. The van der Waals surface area contributed by atoms with Gasteiger partial charge in [-0.3, -0.25) is 14.4 Å². The Balaban J connectivity index is 1.52. The van der Waals surface area contributed by atoms with Crippen LogP contribution in [0.5, 0.6) is 5.75 Å². The fourth-order valence-corrected chi connectivity index (χ4v) is 2.85. The summed E-state index contributed by atoms with van der Waals surface area (Å²) < 4.78 is 5.08. The molecule has 0 unspecified atom stereocenters. The number of fused-ring (bicyclic) bond motifs is 1. The average Bonchev–Trinajstić information content (AvgIpc) is 2.99. The monoisotopic (exact) mass is 374 g/mol. The van der Waals surface area contributed by atoms with Gasteiger partial charge in [-0.2, -0.15) is 0 Å². The highest BCUT2D eigenvalue weighted by atomic mass is 16.5. The number of methoxy groups -OCH3 is 1. The number of carbonyl (C=O) groups is 3. The standard InChI is InChI=1S/C20H14N4O4/c1-28-15-8-4-13(5-9-15)23-18(25)12-2-6-14(7-3-12)24-19(26)16-10-21-11-22-17(16)20(24)27/h2-11H,1H3,(H,23,25). The first-order valence-corrected chi connectivity index (χ1v) is 8.33. The smallest absolute Gasteiger partial charge is 0.284 e. The Kier molecular flexibility index (Phi) is 4.29. The third-order valence-corrected chi connectivity index (χ3v) is 4.29. The molecule has 1 aliphatic heterocycles. The number of carbonyl (C=O) groups excluding carboxylic acids is 3. The fraction of sp³-hybridized carbons (Fsp3) is 0.0500. The van der Waals surface area contributed by atoms with Crippen LogP contribution >= 0.6 is 0 Å². The molecule has 0 aliphatic carbocycles. The van der Waals surface area contributed by atoms with Crippen LogP contribution in [0.4, 0.5) is 11.4 Å². The Morgan fingerprint density at radius 3 is 2.36 bits per heavy atom. The number of hydrogen-bond donors (Lipinski definition) is 1. The molecule has 0 atom stereocenters. The molecule has 0 bridgehead atoms. The van der Waals surface area contributed by atoms with Gasteiger partial charge in [-0.05, 0) is 48.5 Å². The predicted octanol–water partition coefficient (Wildman–Crippen LogP) is 2.54.